The van der Waals surface area contributed by atoms with Gasteiger partial charge in [-0.3, -0.25) is 0 Å². The average Bonchev–Trinajstić information content (AvgIpc) is 2.44. The van der Waals surface area contributed by atoms with E-state index in [4.69, 9.17) is 0 Å². The smallest absolute Gasteiger partial charge is 0.0319 e. The molecule has 0 heteroatoms. The lowest BCUT2D eigenvalue weighted by Gasteiger charge is -1.86. The number of allylic oxidation sites excluding steroid dienone is 1. The fourth-order valence-electron chi connectivity index (χ4n) is 1.89. The highest BCUT2D eigenvalue weighted by Crippen LogP contribution is 2.50. The predicted octanol–water partition coefficient (Wildman–Crippen LogP) is 2.85. The molecule has 3 unspecified atom stereocenters. The summed E-state index contributed by atoms with van der Waals surface area (Å²) in [6, 6.07) is 0. The van der Waals surface area contributed by atoms with Crippen LogP contribution in [0.4, 0.5) is 0 Å². The summed E-state index contributed by atoms with van der Waals surface area (Å²) in [5.41, 5.74) is 0. The van der Waals surface area contributed by atoms with E-state index in [0.29, 0.717) is 0 Å². The van der Waals surface area contributed by atoms with Gasteiger partial charge in [0.1, 0.15) is 0 Å². The molecule has 1 saturated carbocycles. The number of hydrogen-bond acceptors (Lipinski definition) is 0. The summed E-state index contributed by atoms with van der Waals surface area (Å²) in [5, 5.41) is 0. The Morgan fingerprint density at radius 1 is 1.44 bits per heavy atom. The normalized spacial score (nSPS) is 40.4. The molecule has 0 N–H and O–H groups in total. The molecule has 0 spiro atoms. The molecule has 0 aromatic rings. The Morgan fingerprint density at radius 2 is 2.11 bits per heavy atom. The molecule has 0 aliphatic heterocycles. The molecule has 0 amide bonds. The zero-order chi connectivity index (χ0) is 6.85. The standard InChI is InChI=1S/C9H16/c1-4-6-9-7(3)8(9)5-2/h4,7-9H,1,5-6H2,2-3H3. The van der Waals surface area contributed by atoms with Crippen LogP contribution >= 0.6 is 0 Å². The molecular weight excluding hydrogens is 108 g/mol. The van der Waals surface area contributed by atoms with E-state index >= 15 is 0 Å². The molecule has 1 fully saturated rings. The maximum atomic E-state index is 3.74. The maximum absolute atomic E-state index is 3.74. The Balaban J connectivity index is 2.24. The van der Waals surface area contributed by atoms with Crippen LogP contribution in [0.1, 0.15) is 26.7 Å². The summed E-state index contributed by atoms with van der Waals surface area (Å²) < 4.78 is 0. The molecule has 52 valence electrons. The van der Waals surface area contributed by atoms with Crippen LogP contribution in [0.25, 0.3) is 0 Å². The predicted molar refractivity (Wildman–Crippen MR) is 41.2 cm³/mol. The average molecular weight is 124 g/mol. The van der Waals surface area contributed by atoms with Crippen molar-refractivity contribution in [2.45, 2.75) is 26.7 Å². The third kappa shape index (κ3) is 1.17. The largest absolute Gasteiger partial charge is 0.103 e. The molecule has 0 aromatic carbocycles. The zero-order valence-corrected chi connectivity index (χ0v) is 6.43. The Bertz CT molecular complexity index is 105. The third-order valence-corrected chi connectivity index (χ3v) is 2.67. The zero-order valence-electron chi connectivity index (χ0n) is 6.43. The number of hydrogen-bond donors (Lipinski definition) is 0. The molecule has 1 rings (SSSR count). The molecule has 0 radical (unpaired) electrons. The minimum atomic E-state index is 0.979. The lowest BCUT2D eigenvalue weighted by Crippen LogP contribution is -1.75. The van der Waals surface area contributed by atoms with Crippen molar-refractivity contribution in [2.75, 3.05) is 0 Å². The molecule has 0 nitrogen and oxygen atoms in total. The molecule has 1 aliphatic carbocycles. The second-order valence-corrected chi connectivity index (χ2v) is 3.12. The second-order valence-electron chi connectivity index (χ2n) is 3.12. The quantitative estimate of drug-likeness (QED) is 0.507. The molecule has 1 aliphatic rings. The van der Waals surface area contributed by atoms with Crippen LogP contribution in [0.5, 0.6) is 0 Å². The van der Waals surface area contributed by atoms with E-state index in [1.807, 2.05) is 0 Å². The minimum Gasteiger partial charge on any atom is -0.103 e. The van der Waals surface area contributed by atoms with Crippen LogP contribution in [0.2, 0.25) is 0 Å². The summed E-state index contributed by atoms with van der Waals surface area (Å²) in [6.07, 6.45) is 4.65. The molecular formula is C9H16. The van der Waals surface area contributed by atoms with E-state index in [1.54, 1.807) is 0 Å². The van der Waals surface area contributed by atoms with E-state index in [1.165, 1.54) is 12.8 Å². The van der Waals surface area contributed by atoms with Crippen molar-refractivity contribution in [3.63, 3.8) is 0 Å². The van der Waals surface area contributed by atoms with Gasteiger partial charge in [0, 0.05) is 0 Å². The van der Waals surface area contributed by atoms with Crippen LogP contribution in [0, 0.1) is 17.8 Å². The van der Waals surface area contributed by atoms with Crippen molar-refractivity contribution in [2.24, 2.45) is 17.8 Å². The molecule has 0 aromatic heterocycles. The Labute approximate surface area is 58.0 Å². The Kier molecular flexibility index (Phi) is 1.94. The van der Waals surface area contributed by atoms with Crippen molar-refractivity contribution in [1.82, 2.24) is 0 Å². The molecule has 0 heterocycles. The Morgan fingerprint density at radius 3 is 2.44 bits per heavy atom. The van der Waals surface area contributed by atoms with Gasteiger partial charge in [-0.25, -0.2) is 0 Å². The van der Waals surface area contributed by atoms with E-state index in [9.17, 15) is 0 Å². The maximum Gasteiger partial charge on any atom is -0.0319 e. The lowest BCUT2D eigenvalue weighted by atomic mass is 10.2. The molecule has 0 saturated heterocycles. The van der Waals surface area contributed by atoms with Crippen LogP contribution in [0.3, 0.4) is 0 Å². The van der Waals surface area contributed by atoms with Gasteiger partial charge in [0.25, 0.3) is 0 Å². The topological polar surface area (TPSA) is 0 Å². The number of rotatable bonds is 3. The van der Waals surface area contributed by atoms with Crippen molar-refractivity contribution in [3.8, 4) is 0 Å². The van der Waals surface area contributed by atoms with E-state index < -0.39 is 0 Å². The van der Waals surface area contributed by atoms with Crippen LogP contribution in [-0.4, -0.2) is 0 Å². The summed E-state index contributed by atoms with van der Waals surface area (Å²) in [5.74, 6) is 2.98. The summed E-state index contributed by atoms with van der Waals surface area (Å²) >= 11 is 0. The van der Waals surface area contributed by atoms with Crippen molar-refractivity contribution >= 4 is 0 Å². The lowest BCUT2D eigenvalue weighted by molar-refractivity contribution is 0.686. The van der Waals surface area contributed by atoms with Crippen LogP contribution in [-0.2, 0) is 0 Å². The van der Waals surface area contributed by atoms with Crippen molar-refractivity contribution < 1.29 is 0 Å². The van der Waals surface area contributed by atoms with E-state index in [2.05, 4.69) is 26.5 Å². The van der Waals surface area contributed by atoms with E-state index in [0.717, 1.165) is 17.8 Å². The summed E-state index contributed by atoms with van der Waals surface area (Å²) in [6.45, 7) is 8.38. The highest BCUT2D eigenvalue weighted by molar-refractivity contribution is 4.96. The first kappa shape index (κ1) is 6.85. The Hall–Kier alpha value is -0.260. The first-order valence-electron chi connectivity index (χ1n) is 3.92. The first-order valence-corrected chi connectivity index (χ1v) is 3.92. The minimum absolute atomic E-state index is 0.979. The van der Waals surface area contributed by atoms with Crippen molar-refractivity contribution in [1.29, 1.82) is 0 Å². The van der Waals surface area contributed by atoms with Crippen LogP contribution in [0.15, 0.2) is 12.7 Å². The second kappa shape index (κ2) is 2.55. The third-order valence-electron chi connectivity index (χ3n) is 2.67. The fraction of sp³-hybridized carbons (Fsp3) is 0.778. The van der Waals surface area contributed by atoms with E-state index in [-0.39, 0.29) is 0 Å². The SMILES string of the molecule is C=CCC1C(C)C1CC. The van der Waals surface area contributed by atoms with Crippen LogP contribution < -0.4 is 0 Å². The van der Waals surface area contributed by atoms with Gasteiger partial charge in [-0.1, -0.05) is 26.3 Å². The van der Waals surface area contributed by atoms with Gasteiger partial charge in [0.15, 0.2) is 0 Å². The fourth-order valence-corrected chi connectivity index (χ4v) is 1.89. The molecule has 3 atom stereocenters. The molecule has 9 heavy (non-hydrogen) atoms. The van der Waals surface area contributed by atoms with Gasteiger partial charge < -0.3 is 0 Å². The highest BCUT2D eigenvalue weighted by Gasteiger charge is 2.43. The highest BCUT2D eigenvalue weighted by atomic mass is 14.5. The van der Waals surface area contributed by atoms with Gasteiger partial charge in [-0.05, 0) is 24.2 Å². The van der Waals surface area contributed by atoms with Gasteiger partial charge >= 0.3 is 0 Å². The molecule has 0 bridgehead atoms. The van der Waals surface area contributed by atoms with Gasteiger partial charge in [0.2, 0.25) is 0 Å². The van der Waals surface area contributed by atoms with Gasteiger partial charge in [0.05, 0.1) is 0 Å². The van der Waals surface area contributed by atoms with Gasteiger partial charge in [-0.15, -0.1) is 6.58 Å². The van der Waals surface area contributed by atoms with Gasteiger partial charge in [-0.2, -0.15) is 0 Å². The van der Waals surface area contributed by atoms with Crippen molar-refractivity contribution in [3.05, 3.63) is 12.7 Å². The summed E-state index contributed by atoms with van der Waals surface area (Å²) in [7, 11) is 0. The summed E-state index contributed by atoms with van der Waals surface area (Å²) in [4.78, 5) is 0. The first-order chi connectivity index (χ1) is 4.31. The monoisotopic (exact) mass is 124 g/mol.